The molecule has 3 N–H and O–H groups in total. The van der Waals surface area contributed by atoms with Gasteiger partial charge in [-0.25, -0.2) is 9.78 Å². The molecule has 256 valence electrons. The second-order valence-electron chi connectivity index (χ2n) is 11.0. The number of esters is 2. The van der Waals surface area contributed by atoms with Crippen LogP contribution < -0.4 is 16.0 Å². The molecule has 0 aliphatic carbocycles. The minimum Gasteiger partial charge on any atom is -0.461 e. The van der Waals surface area contributed by atoms with Gasteiger partial charge in [0.05, 0.1) is 36.0 Å². The van der Waals surface area contributed by atoms with Crippen LogP contribution in [0.3, 0.4) is 0 Å². The van der Waals surface area contributed by atoms with Gasteiger partial charge in [0.25, 0.3) is 5.91 Å². The molecule has 3 amide bonds. The fraction of sp³-hybridized carbons (Fsp3) is 0.382. The van der Waals surface area contributed by atoms with Crippen LogP contribution in [0.15, 0.2) is 60.8 Å². The molecule has 0 unspecified atom stereocenters. The van der Waals surface area contributed by atoms with Gasteiger partial charge in [-0.05, 0) is 38.3 Å². The Morgan fingerprint density at radius 3 is 2.27 bits per heavy atom. The van der Waals surface area contributed by atoms with Crippen molar-refractivity contribution in [2.45, 2.75) is 64.8 Å². The van der Waals surface area contributed by atoms with Gasteiger partial charge in [0.15, 0.2) is 11.4 Å². The van der Waals surface area contributed by atoms with E-state index in [4.69, 9.17) is 14.2 Å². The fourth-order valence-electron chi connectivity index (χ4n) is 4.59. The van der Waals surface area contributed by atoms with E-state index < -0.39 is 59.7 Å². The van der Waals surface area contributed by atoms with Gasteiger partial charge >= 0.3 is 11.9 Å². The topological polar surface area (TPSA) is 179 Å². The number of thiazole rings is 1. The number of Topliss-reactive ketones (excluding diaryl/α,β-unsaturated/α-hetero) is 1. The molecule has 1 heterocycles. The SMILES string of the molecule is CC[C@@](C)(OC(=O)c1ccccc1COC(C)=O)C(=O)[C@H](Cc1ccccc1)NC(=O)CNC(=O)[C@H](COC)NC(=O)c1cnc(C)s1. The number of methoxy groups -OCH3 is 1. The first kappa shape index (κ1) is 37.5. The summed E-state index contributed by atoms with van der Waals surface area (Å²) in [4.78, 5) is 81.8. The molecule has 2 aromatic carbocycles. The predicted octanol–water partition coefficient (Wildman–Crippen LogP) is 2.70. The van der Waals surface area contributed by atoms with E-state index in [1.165, 1.54) is 33.2 Å². The second-order valence-corrected chi connectivity index (χ2v) is 12.3. The Labute approximate surface area is 282 Å². The zero-order chi connectivity index (χ0) is 35.3. The smallest absolute Gasteiger partial charge is 0.339 e. The minimum atomic E-state index is -1.66. The Morgan fingerprint density at radius 2 is 1.65 bits per heavy atom. The average Bonchev–Trinajstić information content (AvgIpc) is 3.52. The number of nitrogens with one attached hydrogen (secondary N) is 3. The van der Waals surface area contributed by atoms with E-state index in [1.807, 2.05) is 6.07 Å². The second kappa shape index (κ2) is 17.8. The van der Waals surface area contributed by atoms with Crippen LogP contribution in [0.1, 0.15) is 63.4 Å². The van der Waals surface area contributed by atoms with Crippen LogP contribution >= 0.6 is 11.3 Å². The van der Waals surface area contributed by atoms with Crippen LogP contribution in [0.4, 0.5) is 0 Å². The number of carbonyl (C=O) groups is 6. The quantitative estimate of drug-likeness (QED) is 0.180. The summed E-state index contributed by atoms with van der Waals surface area (Å²) in [5, 5.41) is 8.42. The third-order valence-corrected chi connectivity index (χ3v) is 8.25. The molecule has 0 saturated carbocycles. The molecule has 0 aliphatic rings. The van der Waals surface area contributed by atoms with Crippen molar-refractivity contribution in [2.24, 2.45) is 0 Å². The summed E-state index contributed by atoms with van der Waals surface area (Å²) in [6.45, 7) is 5.31. The number of hydrogen-bond donors (Lipinski definition) is 3. The summed E-state index contributed by atoms with van der Waals surface area (Å²) in [5.41, 5.74) is -0.401. The van der Waals surface area contributed by atoms with E-state index in [0.717, 1.165) is 16.9 Å². The molecule has 48 heavy (non-hydrogen) atoms. The lowest BCUT2D eigenvalue weighted by Crippen LogP contribution is -2.55. The molecule has 0 bridgehead atoms. The molecule has 1 aromatic heterocycles. The maximum absolute atomic E-state index is 14.1. The van der Waals surface area contributed by atoms with Crippen molar-refractivity contribution in [2.75, 3.05) is 20.3 Å². The van der Waals surface area contributed by atoms with E-state index >= 15 is 0 Å². The number of hydrogen-bond acceptors (Lipinski definition) is 11. The van der Waals surface area contributed by atoms with Gasteiger partial charge in [-0.1, -0.05) is 55.5 Å². The molecular weight excluding hydrogens is 640 g/mol. The van der Waals surface area contributed by atoms with Gasteiger partial charge in [-0.2, -0.15) is 0 Å². The number of ether oxygens (including phenoxy) is 3. The van der Waals surface area contributed by atoms with Gasteiger partial charge in [-0.15, -0.1) is 11.3 Å². The predicted molar refractivity (Wildman–Crippen MR) is 176 cm³/mol. The van der Waals surface area contributed by atoms with Crippen molar-refractivity contribution >= 4 is 46.8 Å². The molecule has 0 radical (unpaired) electrons. The van der Waals surface area contributed by atoms with Crippen LogP contribution in [-0.4, -0.2) is 78.4 Å². The summed E-state index contributed by atoms with van der Waals surface area (Å²) in [5.74, 6) is -3.76. The first-order chi connectivity index (χ1) is 22.9. The van der Waals surface area contributed by atoms with Crippen molar-refractivity contribution in [3.63, 3.8) is 0 Å². The summed E-state index contributed by atoms with van der Waals surface area (Å²) < 4.78 is 15.9. The van der Waals surface area contributed by atoms with Crippen molar-refractivity contribution in [3.8, 4) is 0 Å². The number of nitrogens with zero attached hydrogens (tertiary/aromatic N) is 1. The highest BCUT2D eigenvalue weighted by molar-refractivity contribution is 7.13. The number of amides is 3. The molecule has 3 aromatic rings. The molecule has 0 saturated heterocycles. The molecule has 14 heteroatoms. The van der Waals surface area contributed by atoms with Crippen molar-refractivity contribution in [3.05, 3.63) is 87.4 Å². The van der Waals surface area contributed by atoms with Crippen LogP contribution in [-0.2, 0) is 46.4 Å². The maximum Gasteiger partial charge on any atom is 0.339 e. The number of benzene rings is 2. The highest BCUT2D eigenvalue weighted by Crippen LogP contribution is 2.24. The lowest BCUT2D eigenvalue weighted by atomic mass is 9.88. The normalized spacial score (nSPS) is 13.3. The summed E-state index contributed by atoms with van der Waals surface area (Å²) in [6.07, 6.45) is 1.56. The van der Waals surface area contributed by atoms with Crippen molar-refractivity contribution in [1.82, 2.24) is 20.9 Å². The summed E-state index contributed by atoms with van der Waals surface area (Å²) in [6, 6.07) is 13.1. The number of aromatic nitrogens is 1. The highest BCUT2D eigenvalue weighted by Gasteiger charge is 2.41. The lowest BCUT2D eigenvalue weighted by molar-refractivity contribution is -0.142. The van der Waals surface area contributed by atoms with E-state index in [1.54, 1.807) is 56.3 Å². The Balaban J connectivity index is 1.74. The fourth-order valence-corrected chi connectivity index (χ4v) is 5.27. The summed E-state index contributed by atoms with van der Waals surface area (Å²) in [7, 11) is 1.37. The third-order valence-electron chi connectivity index (χ3n) is 7.34. The average molecular weight is 681 g/mol. The molecule has 0 spiro atoms. The maximum atomic E-state index is 14.1. The monoisotopic (exact) mass is 680 g/mol. The first-order valence-electron chi connectivity index (χ1n) is 15.2. The van der Waals surface area contributed by atoms with Crippen LogP contribution in [0.25, 0.3) is 0 Å². The Kier molecular flexibility index (Phi) is 13.9. The third kappa shape index (κ3) is 10.8. The lowest BCUT2D eigenvalue weighted by Gasteiger charge is -2.31. The molecule has 3 atom stereocenters. The van der Waals surface area contributed by atoms with Gasteiger partial charge in [0.2, 0.25) is 11.8 Å². The van der Waals surface area contributed by atoms with Crippen molar-refractivity contribution < 1.29 is 43.0 Å². The van der Waals surface area contributed by atoms with E-state index in [0.29, 0.717) is 15.4 Å². The largest absolute Gasteiger partial charge is 0.461 e. The number of ketones is 1. The molecule has 3 rings (SSSR count). The number of aryl methyl sites for hydroxylation is 1. The van der Waals surface area contributed by atoms with E-state index in [2.05, 4.69) is 20.9 Å². The molecule has 0 fully saturated rings. The van der Waals surface area contributed by atoms with Gasteiger partial charge in [0, 0.05) is 19.6 Å². The Hall–Kier alpha value is -4.95. The van der Waals surface area contributed by atoms with Crippen molar-refractivity contribution in [1.29, 1.82) is 0 Å². The first-order valence-corrected chi connectivity index (χ1v) is 16.0. The zero-order valence-corrected chi connectivity index (χ0v) is 28.3. The van der Waals surface area contributed by atoms with Crippen LogP contribution in [0.5, 0.6) is 0 Å². The Bertz CT molecular complexity index is 1610. The molecule has 0 aliphatic heterocycles. The van der Waals surface area contributed by atoms with Crippen LogP contribution in [0.2, 0.25) is 0 Å². The van der Waals surface area contributed by atoms with Gasteiger partial charge in [0.1, 0.15) is 17.5 Å². The minimum absolute atomic E-state index is 0.0756. The Morgan fingerprint density at radius 1 is 0.958 bits per heavy atom. The number of carbonyl (C=O) groups excluding carboxylic acids is 6. The van der Waals surface area contributed by atoms with E-state index in [9.17, 15) is 28.8 Å². The molecule has 13 nitrogen and oxygen atoms in total. The highest BCUT2D eigenvalue weighted by atomic mass is 32.1. The molecular formula is C34H40N4O9S. The zero-order valence-electron chi connectivity index (χ0n) is 27.5. The van der Waals surface area contributed by atoms with Gasteiger partial charge < -0.3 is 30.2 Å². The number of rotatable bonds is 17. The van der Waals surface area contributed by atoms with Crippen LogP contribution in [0, 0.1) is 6.92 Å². The summed E-state index contributed by atoms with van der Waals surface area (Å²) >= 11 is 1.16. The standard InChI is InChI=1S/C34H40N4O9S/c1-6-34(4,47-33(44)25-15-11-10-14-24(25)19-46-22(3)39)30(41)26(16-23-12-8-7-9-13-23)37-29(40)18-36-31(42)27(20-45-5)38-32(43)28-17-35-21(2)48-28/h7-15,17,26-27H,6,16,18-20H2,1-5H3,(H,36,42)(H,37,40)(H,38,43)/t26-,27-,34+/m0/s1. The van der Waals surface area contributed by atoms with E-state index in [-0.39, 0.29) is 31.6 Å². The van der Waals surface area contributed by atoms with Gasteiger partial charge in [-0.3, -0.25) is 24.0 Å².